The molecule has 2 fully saturated rings. The van der Waals surface area contributed by atoms with Crippen LogP contribution in [0.1, 0.15) is 18.5 Å². The summed E-state index contributed by atoms with van der Waals surface area (Å²) in [5, 5.41) is 15.8. The zero-order valence-corrected chi connectivity index (χ0v) is 13.8. The van der Waals surface area contributed by atoms with Crippen LogP contribution >= 0.6 is 15.9 Å². The number of halogens is 1. The Kier molecular flexibility index (Phi) is 3.92. The molecule has 112 valence electrons. The molecule has 1 aromatic rings. The molecule has 2 bridgehead atoms. The van der Waals surface area contributed by atoms with Gasteiger partial charge in [-0.25, -0.2) is 0 Å². The van der Waals surface area contributed by atoms with Crippen molar-refractivity contribution in [1.82, 2.24) is 19.6 Å². The first-order valence-electron chi connectivity index (χ1n) is 7.32. The Morgan fingerprint density at radius 1 is 1.50 bits per heavy atom. The number of rotatable bonds is 4. The van der Waals surface area contributed by atoms with Crippen molar-refractivity contribution in [2.45, 2.75) is 25.0 Å². The van der Waals surface area contributed by atoms with Crippen molar-refractivity contribution >= 4 is 15.9 Å². The number of likely N-dealkylation sites (N-methyl/N-ethyl adjacent to an activating group) is 1. The predicted molar refractivity (Wildman–Crippen MR) is 81.5 cm³/mol. The Morgan fingerprint density at radius 2 is 2.30 bits per heavy atom. The summed E-state index contributed by atoms with van der Waals surface area (Å²) in [4.78, 5) is 4.59. The lowest BCUT2D eigenvalue weighted by atomic mass is 9.79. The molecule has 0 aromatic carbocycles. The van der Waals surface area contributed by atoms with Gasteiger partial charge in [0.05, 0.1) is 22.9 Å². The highest BCUT2D eigenvalue weighted by Crippen LogP contribution is 2.44. The number of piperidine rings is 1. The van der Waals surface area contributed by atoms with E-state index < -0.39 is 5.60 Å². The van der Waals surface area contributed by atoms with E-state index in [2.05, 4.69) is 44.9 Å². The SMILES string of the molecule is CN(C)CCn1ncc(Br)c1C1(O)CCN2CCC1C2. The number of hydrogen-bond donors (Lipinski definition) is 1. The fraction of sp³-hybridized carbons (Fsp3) is 0.786. The van der Waals surface area contributed by atoms with Crippen molar-refractivity contribution in [2.24, 2.45) is 5.92 Å². The van der Waals surface area contributed by atoms with Gasteiger partial charge in [0.2, 0.25) is 0 Å². The molecule has 0 radical (unpaired) electrons. The Balaban J connectivity index is 1.90. The van der Waals surface area contributed by atoms with Gasteiger partial charge in [-0.2, -0.15) is 5.10 Å². The molecule has 2 aliphatic rings. The van der Waals surface area contributed by atoms with Gasteiger partial charge in [0.25, 0.3) is 0 Å². The van der Waals surface area contributed by atoms with E-state index in [-0.39, 0.29) is 0 Å². The highest BCUT2D eigenvalue weighted by molar-refractivity contribution is 9.10. The van der Waals surface area contributed by atoms with Gasteiger partial charge in [0.1, 0.15) is 5.60 Å². The lowest BCUT2D eigenvalue weighted by Gasteiger charge is -2.39. The molecule has 20 heavy (non-hydrogen) atoms. The minimum Gasteiger partial charge on any atom is -0.383 e. The molecule has 5 nitrogen and oxygen atoms in total. The van der Waals surface area contributed by atoms with E-state index in [9.17, 15) is 5.11 Å². The number of hydrogen-bond acceptors (Lipinski definition) is 4. The van der Waals surface area contributed by atoms with Crippen LogP contribution in [0.5, 0.6) is 0 Å². The van der Waals surface area contributed by atoms with Crippen molar-refractivity contribution in [3.05, 3.63) is 16.4 Å². The van der Waals surface area contributed by atoms with Gasteiger partial charge in [-0.3, -0.25) is 4.68 Å². The van der Waals surface area contributed by atoms with Crippen molar-refractivity contribution < 1.29 is 5.11 Å². The van der Waals surface area contributed by atoms with Crippen molar-refractivity contribution in [3.63, 3.8) is 0 Å². The first-order valence-corrected chi connectivity index (χ1v) is 8.11. The monoisotopic (exact) mass is 342 g/mol. The van der Waals surface area contributed by atoms with Crippen LogP contribution in [0.2, 0.25) is 0 Å². The number of fused-ring (bicyclic) bond motifs is 2. The highest BCUT2D eigenvalue weighted by atomic mass is 79.9. The van der Waals surface area contributed by atoms with Crippen molar-refractivity contribution in [2.75, 3.05) is 40.3 Å². The van der Waals surface area contributed by atoms with Crippen LogP contribution < -0.4 is 0 Å². The van der Waals surface area contributed by atoms with E-state index in [1.54, 1.807) is 0 Å². The molecule has 0 amide bonds. The van der Waals surface area contributed by atoms with Crippen molar-refractivity contribution in [3.8, 4) is 0 Å². The number of aliphatic hydroxyl groups is 1. The highest BCUT2D eigenvalue weighted by Gasteiger charge is 2.48. The second-order valence-electron chi connectivity index (χ2n) is 6.33. The van der Waals surface area contributed by atoms with Gasteiger partial charge in [0.15, 0.2) is 0 Å². The summed E-state index contributed by atoms with van der Waals surface area (Å²) in [5.41, 5.74) is 0.250. The smallest absolute Gasteiger partial charge is 0.113 e. The minimum absolute atomic E-state index is 0.336. The van der Waals surface area contributed by atoms with Crippen LogP contribution in [-0.4, -0.2) is 65.0 Å². The van der Waals surface area contributed by atoms with Crippen LogP contribution in [0.3, 0.4) is 0 Å². The molecule has 0 aliphatic carbocycles. The molecule has 2 aliphatic heterocycles. The third-order valence-electron chi connectivity index (χ3n) is 4.72. The Morgan fingerprint density at radius 3 is 3.05 bits per heavy atom. The van der Waals surface area contributed by atoms with E-state index in [0.717, 1.165) is 55.7 Å². The third-order valence-corrected chi connectivity index (χ3v) is 5.30. The standard InChI is InChI=1S/C14H23BrN4O/c1-17(2)7-8-19-13(12(15)9-16-19)14(20)4-6-18-5-3-11(14)10-18/h9,11,20H,3-8,10H2,1-2H3. The lowest BCUT2D eigenvalue weighted by molar-refractivity contribution is -0.0578. The molecule has 0 spiro atoms. The summed E-state index contributed by atoms with van der Waals surface area (Å²) >= 11 is 3.59. The molecular formula is C14H23BrN4O. The van der Waals surface area contributed by atoms with Crippen molar-refractivity contribution in [1.29, 1.82) is 0 Å². The van der Waals surface area contributed by atoms with Gasteiger partial charge >= 0.3 is 0 Å². The van der Waals surface area contributed by atoms with E-state index >= 15 is 0 Å². The molecule has 6 heteroatoms. The quantitative estimate of drug-likeness (QED) is 0.890. The molecule has 3 rings (SSSR count). The number of aromatic nitrogens is 2. The van der Waals surface area contributed by atoms with E-state index in [1.807, 2.05) is 10.9 Å². The van der Waals surface area contributed by atoms with Crippen LogP contribution in [0.25, 0.3) is 0 Å². The van der Waals surface area contributed by atoms with Gasteiger partial charge in [-0.1, -0.05) is 0 Å². The van der Waals surface area contributed by atoms with Crippen LogP contribution in [-0.2, 0) is 12.1 Å². The van der Waals surface area contributed by atoms with E-state index in [4.69, 9.17) is 0 Å². The fourth-order valence-electron chi connectivity index (χ4n) is 3.53. The second-order valence-corrected chi connectivity index (χ2v) is 7.18. The summed E-state index contributed by atoms with van der Waals surface area (Å²) in [6.07, 6.45) is 3.72. The molecular weight excluding hydrogens is 320 g/mol. The summed E-state index contributed by atoms with van der Waals surface area (Å²) in [6.45, 7) is 4.86. The molecule has 3 atom stereocenters. The van der Waals surface area contributed by atoms with Gasteiger partial charge < -0.3 is 14.9 Å². The molecule has 1 aromatic heterocycles. The van der Waals surface area contributed by atoms with Gasteiger partial charge in [-0.05, 0) is 49.4 Å². The minimum atomic E-state index is -0.728. The average molecular weight is 343 g/mol. The van der Waals surface area contributed by atoms with Crippen LogP contribution in [0.4, 0.5) is 0 Å². The lowest BCUT2D eigenvalue weighted by Crippen LogP contribution is -2.45. The van der Waals surface area contributed by atoms with Gasteiger partial charge in [-0.15, -0.1) is 0 Å². The Bertz CT molecular complexity index is 490. The van der Waals surface area contributed by atoms with E-state index in [1.165, 1.54) is 0 Å². The molecule has 3 heterocycles. The number of nitrogens with zero attached hydrogens (tertiary/aromatic N) is 4. The Hall–Kier alpha value is -0.430. The Labute approximate surface area is 128 Å². The second kappa shape index (κ2) is 5.40. The molecule has 3 unspecified atom stereocenters. The maximum absolute atomic E-state index is 11.3. The molecule has 0 saturated carbocycles. The van der Waals surface area contributed by atoms with Gasteiger partial charge in [0, 0.05) is 25.6 Å². The first-order chi connectivity index (χ1) is 9.50. The third kappa shape index (κ3) is 2.43. The zero-order chi connectivity index (χ0) is 14.3. The maximum Gasteiger partial charge on any atom is 0.113 e. The fourth-order valence-corrected chi connectivity index (χ4v) is 4.17. The topological polar surface area (TPSA) is 44.5 Å². The summed E-state index contributed by atoms with van der Waals surface area (Å²) in [5.74, 6) is 0.336. The summed E-state index contributed by atoms with van der Waals surface area (Å²) < 4.78 is 2.93. The van der Waals surface area contributed by atoms with Crippen LogP contribution in [0.15, 0.2) is 10.7 Å². The largest absolute Gasteiger partial charge is 0.383 e. The summed E-state index contributed by atoms with van der Waals surface area (Å²) in [7, 11) is 4.12. The zero-order valence-electron chi connectivity index (χ0n) is 12.2. The maximum atomic E-state index is 11.3. The van der Waals surface area contributed by atoms with E-state index in [0.29, 0.717) is 5.92 Å². The normalized spacial score (nSPS) is 33.0. The molecule has 1 N–H and O–H groups in total. The van der Waals surface area contributed by atoms with Crippen LogP contribution in [0, 0.1) is 5.92 Å². The first kappa shape index (κ1) is 14.5. The predicted octanol–water partition coefficient (Wildman–Crippen LogP) is 1.12. The molecule has 2 saturated heterocycles. The summed E-state index contributed by atoms with van der Waals surface area (Å²) in [6, 6.07) is 0. The average Bonchev–Trinajstić information content (AvgIpc) is 2.98.